The minimum atomic E-state index is -0.126. The van der Waals surface area contributed by atoms with Crippen LogP contribution in [0.5, 0.6) is 0 Å². The third kappa shape index (κ3) is 6.89. The summed E-state index contributed by atoms with van der Waals surface area (Å²) in [5, 5.41) is 9.61. The molecule has 3 aromatic carbocycles. The summed E-state index contributed by atoms with van der Waals surface area (Å²) in [4.78, 5) is 12.4. The van der Waals surface area contributed by atoms with Crippen molar-refractivity contribution < 1.29 is 9.53 Å². The summed E-state index contributed by atoms with van der Waals surface area (Å²) in [6.45, 7) is 4.23. The lowest BCUT2D eigenvalue weighted by molar-refractivity contribution is 0.102. The van der Waals surface area contributed by atoms with Crippen LogP contribution in [0.3, 0.4) is 0 Å². The van der Waals surface area contributed by atoms with Gasteiger partial charge in [0.05, 0.1) is 7.11 Å². The average Bonchev–Trinajstić information content (AvgIpc) is 3.19. The molecule has 1 aliphatic rings. The topological polar surface area (TPSA) is 62.4 Å². The van der Waals surface area contributed by atoms with Gasteiger partial charge in [0.2, 0.25) is 0 Å². The normalized spacial score (nSPS) is 12.8. The second-order valence-corrected chi connectivity index (χ2v) is 8.50. The molecule has 0 atom stereocenters. The first-order chi connectivity index (χ1) is 18.1. The Labute approximate surface area is 218 Å². The summed E-state index contributed by atoms with van der Waals surface area (Å²) in [5.74, 6) is 0.694. The van der Waals surface area contributed by atoms with Gasteiger partial charge in [-0.25, -0.2) is 0 Å². The van der Waals surface area contributed by atoms with Gasteiger partial charge in [-0.1, -0.05) is 61.2 Å². The number of methoxy groups -OCH3 is 1. The van der Waals surface area contributed by atoms with Crippen LogP contribution in [-0.4, -0.2) is 20.1 Å². The lowest BCUT2D eigenvalue weighted by Crippen LogP contribution is -2.11. The van der Waals surface area contributed by atoms with E-state index >= 15 is 0 Å². The number of anilines is 3. The lowest BCUT2D eigenvalue weighted by atomic mass is 10.1. The highest BCUT2D eigenvalue weighted by Crippen LogP contribution is 2.26. The van der Waals surface area contributed by atoms with Crippen LogP contribution in [0.4, 0.5) is 17.1 Å². The first kappa shape index (κ1) is 25.3. The monoisotopic (exact) mass is 489 g/mol. The average molecular weight is 490 g/mol. The smallest absolute Gasteiger partial charge is 0.255 e. The van der Waals surface area contributed by atoms with Gasteiger partial charge < -0.3 is 20.7 Å². The van der Waals surface area contributed by atoms with Gasteiger partial charge in [-0.05, 0) is 77.7 Å². The maximum absolute atomic E-state index is 12.4. The highest BCUT2D eigenvalue weighted by atomic mass is 16.5. The largest absolute Gasteiger partial charge is 0.497 e. The van der Waals surface area contributed by atoms with Crippen molar-refractivity contribution in [3.8, 4) is 0 Å². The van der Waals surface area contributed by atoms with Gasteiger partial charge in [0.15, 0.2) is 0 Å². The molecule has 0 unspecified atom stereocenters. The van der Waals surface area contributed by atoms with Gasteiger partial charge >= 0.3 is 0 Å². The molecule has 0 aliphatic heterocycles. The Bertz CT molecular complexity index is 1380. The molecule has 4 rings (SSSR count). The second kappa shape index (κ2) is 12.3. The number of hydrogen-bond acceptors (Lipinski definition) is 4. The maximum Gasteiger partial charge on any atom is 0.255 e. The Morgan fingerprint density at radius 2 is 1.68 bits per heavy atom. The number of rotatable bonds is 9. The maximum atomic E-state index is 12.4. The molecule has 0 bridgehead atoms. The van der Waals surface area contributed by atoms with E-state index in [1.807, 2.05) is 85.9 Å². The molecule has 1 aliphatic carbocycles. The molecule has 3 N–H and O–H groups in total. The third-order valence-electron chi connectivity index (χ3n) is 5.97. The molecule has 0 heterocycles. The van der Waals surface area contributed by atoms with Gasteiger partial charge in [-0.2, -0.15) is 0 Å². The highest BCUT2D eigenvalue weighted by Gasteiger charge is 2.07. The molecular weight excluding hydrogens is 458 g/mol. The number of ether oxygens (including phenoxy) is 1. The predicted octanol–water partition coefficient (Wildman–Crippen LogP) is 7.49. The summed E-state index contributed by atoms with van der Waals surface area (Å²) in [5.41, 5.74) is 7.36. The molecular formula is C32H31N3O2. The Hall–Kier alpha value is -4.77. The van der Waals surface area contributed by atoms with E-state index in [1.165, 1.54) is 0 Å². The number of hydrogen-bond donors (Lipinski definition) is 3. The molecule has 0 saturated heterocycles. The fourth-order valence-corrected chi connectivity index (χ4v) is 3.89. The van der Waals surface area contributed by atoms with Crippen LogP contribution >= 0.6 is 0 Å². The molecule has 3 aromatic rings. The Morgan fingerprint density at radius 3 is 2.41 bits per heavy atom. The van der Waals surface area contributed by atoms with Crippen LogP contribution in [0, 0.1) is 0 Å². The summed E-state index contributed by atoms with van der Waals surface area (Å²) >= 11 is 0. The zero-order chi connectivity index (χ0) is 26.0. The van der Waals surface area contributed by atoms with E-state index in [0.717, 1.165) is 51.6 Å². The predicted molar refractivity (Wildman–Crippen MR) is 155 cm³/mol. The highest BCUT2D eigenvalue weighted by molar-refractivity contribution is 6.04. The van der Waals surface area contributed by atoms with Crippen molar-refractivity contribution in [1.82, 2.24) is 0 Å². The summed E-state index contributed by atoms with van der Waals surface area (Å²) in [6.07, 6.45) is 12.9. The van der Waals surface area contributed by atoms with Crippen molar-refractivity contribution in [1.29, 1.82) is 0 Å². The zero-order valence-corrected chi connectivity index (χ0v) is 21.1. The molecule has 37 heavy (non-hydrogen) atoms. The molecule has 0 saturated carbocycles. The quantitative estimate of drug-likeness (QED) is 0.273. The summed E-state index contributed by atoms with van der Waals surface area (Å²) in [7, 11) is 3.57. The van der Waals surface area contributed by atoms with Crippen molar-refractivity contribution in [2.24, 2.45) is 0 Å². The van der Waals surface area contributed by atoms with Crippen molar-refractivity contribution in [3.05, 3.63) is 137 Å². The van der Waals surface area contributed by atoms with Crippen molar-refractivity contribution in [3.63, 3.8) is 0 Å². The SMILES string of the molecule is C=C(Nc1ccc(NC)c(/C=C/c2ccc(NC(=O)c3ccccc3)cc2)c1)C1=CC=C(OC)C=CC1. The number of carbonyl (C=O) groups is 1. The molecule has 0 spiro atoms. The van der Waals surface area contributed by atoms with E-state index in [-0.39, 0.29) is 5.91 Å². The first-order valence-electron chi connectivity index (χ1n) is 12.1. The standard InChI is InChI=1S/C32H31N3O2/c1-23(25-10-7-11-30(37-3)20-16-25)34-29-19-21-31(33-2)27(22-29)15-12-24-13-17-28(18-14-24)35-32(36)26-8-5-4-6-9-26/h4-9,11-22,33-34H,1,10H2,2-3H3,(H,35,36)/b15-12+. The fourth-order valence-electron chi connectivity index (χ4n) is 3.89. The number of nitrogens with one attached hydrogen (secondary N) is 3. The Kier molecular flexibility index (Phi) is 8.40. The number of amides is 1. The fraction of sp³-hybridized carbons (Fsp3) is 0.0938. The van der Waals surface area contributed by atoms with Crippen LogP contribution in [0.1, 0.15) is 27.9 Å². The molecule has 1 amide bonds. The summed E-state index contributed by atoms with van der Waals surface area (Å²) < 4.78 is 5.31. The van der Waals surface area contributed by atoms with Gasteiger partial charge in [-0.3, -0.25) is 4.79 Å². The minimum absolute atomic E-state index is 0.126. The molecule has 186 valence electrons. The Morgan fingerprint density at radius 1 is 0.919 bits per heavy atom. The molecule has 5 nitrogen and oxygen atoms in total. The van der Waals surface area contributed by atoms with E-state index in [4.69, 9.17) is 4.74 Å². The van der Waals surface area contributed by atoms with Gasteiger partial charge in [0.25, 0.3) is 5.91 Å². The molecule has 0 fully saturated rings. The zero-order valence-electron chi connectivity index (χ0n) is 21.1. The van der Waals surface area contributed by atoms with Gasteiger partial charge in [-0.15, -0.1) is 0 Å². The van der Waals surface area contributed by atoms with Gasteiger partial charge in [0, 0.05) is 35.4 Å². The van der Waals surface area contributed by atoms with Crippen LogP contribution in [0.15, 0.2) is 121 Å². The van der Waals surface area contributed by atoms with Crippen molar-refractivity contribution >= 4 is 35.1 Å². The third-order valence-corrected chi connectivity index (χ3v) is 5.97. The molecule has 0 aromatic heterocycles. The molecule has 5 heteroatoms. The van der Waals surface area contributed by atoms with Crippen molar-refractivity contribution in [2.75, 3.05) is 30.1 Å². The number of carbonyl (C=O) groups excluding carboxylic acids is 1. The number of benzene rings is 3. The lowest BCUT2D eigenvalue weighted by Gasteiger charge is -2.14. The van der Waals surface area contributed by atoms with Gasteiger partial charge in [0.1, 0.15) is 5.76 Å². The first-order valence-corrected chi connectivity index (χ1v) is 12.1. The minimum Gasteiger partial charge on any atom is -0.497 e. The van der Waals surface area contributed by atoms with Crippen LogP contribution in [-0.2, 0) is 4.74 Å². The van der Waals surface area contributed by atoms with Crippen LogP contribution < -0.4 is 16.0 Å². The molecule has 0 radical (unpaired) electrons. The van der Waals surface area contributed by atoms with E-state index in [0.29, 0.717) is 5.56 Å². The van der Waals surface area contributed by atoms with E-state index in [9.17, 15) is 4.79 Å². The number of allylic oxidation sites excluding steroid dienone is 5. The van der Waals surface area contributed by atoms with E-state index in [1.54, 1.807) is 19.2 Å². The summed E-state index contributed by atoms with van der Waals surface area (Å²) in [6, 6.07) is 23.1. The van der Waals surface area contributed by atoms with Crippen molar-refractivity contribution in [2.45, 2.75) is 6.42 Å². The van der Waals surface area contributed by atoms with E-state index < -0.39 is 0 Å². The van der Waals surface area contributed by atoms with Crippen LogP contribution in [0.25, 0.3) is 12.2 Å². The van der Waals surface area contributed by atoms with E-state index in [2.05, 4.69) is 40.7 Å². The Balaban J connectivity index is 1.44. The second-order valence-electron chi connectivity index (χ2n) is 8.50. The van der Waals surface area contributed by atoms with Crippen LogP contribution in [0.2, 0.25) is 0 Å².